The summed E-state index contributed by atoms with van der Waals surface area (Å²) in [6.45, 7) is 4.09. The summed E-state index contributed by atoms with van der Waals surface area (Å²) in [5, 5.41) is 0.582. The van der Waals surface area contributed by atoms with Crippen molar-refractivity contribution in [2.45, 2.75) is 26.5 Å². The Morgan fingerprint density at radius 3 is 2.75 bits per heavy atom. The van der Waals surface area contributed by atoms with Crippen molar-refractivity contribution in [1.29, 1.82) is 0 Å². The molecule has 0 spiro atoms. The number of anilines is 1. The fraction of sp³-hybridized carbons (Fsp3) is 0.267. The molecule has 20 heavy (non-hydrogen) atoms. The first-order valence-electron chi connectivity index (χ1n) is 6.37. The number of esters is 1. The third-order valence-electron chi connectivity index (χ3n) is 2.95. The number of hydrogen-bond donors (Lipinski definition) is 1. The maximum Gasteiger partial charge on any atom is 0.355 e. The summed E-state index contributed by atoms with van der Waals surface area (Å²) in [6.07, 6.45) is 1.73. The third-order valence-corrected chi connectivity index (χ3v) is 3.32. The molecule has 2 aromatic rings. The third kappa shape index (κ3) is 3.14. The molecular formula is C15H17ClN2O2. The Hall–Kier alpha value is -1.94. The number of carbonyl (C=O) groups excluding carboxylic acids is 1. The Kier molecular flexibility index (Phi) is 4.35. The number of hydrogen-bond acceptors (Lipinski definition) is 3. The standard InChI is InChI=1S/C15H17ClN2O2/c1-10(2)18-8-12(17)7-14(18)15(19)20-9-11-5-3-4-6-13(11)16/h3-8,10H,9,17H2,1-2H3. The van der Waals surface area contributed by atoms with E-state index >= 15 is 0 Å². The van der Waals surface area contributed by atoms with Crippen LogP contribution in [-0.4, -0.2) is 10.5 Å². The molecule has 0 aliphatic heterocycles. The number of carbonyl (C=O) groups is 1. The Labute approximate surface area is 123 Å². The van der Waals surface area contributed by atoms with Gasteiger partial charge in [0.1, 0.15) is 12.3 Å². The van der Waals surface area contributed by atoms with Gasteiger partial charge in [-0.2, -0.15) is 0 Å². The molecule has 0 aliphatic carbocycles. The zero-order valence-electron chi connectivity index (χ0n) is 11.5. The van der Waals surface area contributed by atoms with Gasteiger partial charge in [-0.25, -0.2) is 4.79 Å². The average molecular weight is 293 g/mol. The summed E-state index contributed by atoms with van der Waals surface area (Å²) >= 11 is 6.02. The van der Waals surface area contributed by atoms with Crippen LogP contribution in [0.1, 0.15) is 35.9 Å². The van der Waals surface area contributed by atoms with Crippen LogP contribution in [0.3, 0.4) is 0 Å². The zero-order valence-corrected chi connectivity index (χ0v) is 12.2. The van der Waals surface area contributed by atoms with Gasteiger partial charge in [0.2, 0.25) is 0 Å². The van der Waals surface area contributed by atoms with Crippen LogP contribution in [0.5, 0.6) is 0 Å². The first-order chi connectivity index (χ1) is 9.49. The topological polar surface area (TPSA) is 57.2 Å². The van der Waals surface area contributed by atoms with Crippen LogP contribution in [0.4, 0.5) is 5.69 Å². The first-order valence-corrected chi connectivity index (χ1v) is 6.74. The maximum absolute atomic E-state index is 12.1. The highest BCUT2D eigenvalue weighted by Gasteiger charge is 2.16. The van der Waals surface area contributed by atoms with Gasteiger partial charge in [-0.1, -0.05) is 29.8 Å². The van der Waals surface area contributed by atoms with E-state index in [1.165, 1.54) is 0 Å². The van der Waals surface area contributed by atoms with Gasteiger partial charge >= 0.3 is 5.97 Å². The molecule has 106 valence electrons. The van der Waals surface area contributed by atoms with Crippen molar-refractivity contribution in [3.8, 4) is 0 Å². The van der Waals surface area contributed by atoms with Crippen molar-refractivity contribution >= 4 is 23.3 Å². The number of halogens is 1. The first kappa shape index (κ1) is 14.5. The predicted molar refractivity (Wildman–Crippen MR) is 79.8 cm³/mol. The summed E-state index contributed by atoms with van der Waals surface area (Å²) in [4.78, 5) is 12.1. The van der Waals surface area contributed by atoms with Crippen molar-refractivity contribution in [3.05, 3.63) is 52.8 Å². The SMILES string of the molecule is CC(C)n1cc(N)cc1C(=O)OCc1ccccc1Cl. The van der Waals surface area contributed by atoms with Crippen LogP contribution in [0.25, 0.3) is 0 Å². The van der Waals surface area contributed by atoms with Crippen molar-refractivity contribution in [2.75, 3.05) is 5.73 Å². The lowest BCUT2D eigenvalue weighted by atomic mass is 10.2. The molecule has 0 saturated heterocycles. The van der Waals surface area contributed by atoms with Gasteiger partial charge in [-0.3, -0.25) is 0 Å². The van der Waals surface area contributed by atoms with E-state index in [0.717, 1.165) is 5.56 Å². The number of nitrogens with two attached hydrogens (primary N) is 1. The lowest BCUT2D eigenvalue weighted by Gasteiger charge is -2.12. The highest BCUT2D eigenvalue weighted by Crippen LogP contribution is 2.19. The van der Waals surface area contributed by atoms with Gasteiger partial charge in [0.05, 0.1) is 5.69 Å². The molecule has 2 rings (SSSR count). The van der Waals surface area contributed by atoms with E-state index < -0.39 is 5.97 Å². The Bertz CT molecular complexity index is 620. The minimum atomic E-state index is -0.407. The molecule has 0 amide bonds. The fourth-order valence-corrected chi connectivity index (χ4v) is 2.11. The van der Waals surface area contributed by atoms with Crippen molar-refractivity contribution in [2.24, 2.45) is 0 Å². The van der Waals surface area contributed by atoms with E-state index in [1.807, 2.05) is 32.0 Å². The predicted octanol–water partition coefficient (Wildman–Crippen LogP) is 3.66. The summed E-state index contributed by atoms with van der Waals surface area (Å²) in [5.74, 6) is -0.407. The number of nitrogens with zero attached hydrogens (tertiary/aromatic N) is 1. The van der Waals surface area contributed by atoms with E-state index in [2.05, 4.69) is 0 Å². The molecule has 2 N–H and O–H groups in total. The van der Waals surface area contributed by atoms with Crippen LogP contribution in [0.15, 0.2) is 36.5 Å². The number of aromatic nitrogens is 1. The highest BCUT2D eigenvalue weighted by atomic mass is 35.5. The summed E-state index contributed by atoms with van der Waals surface area (Å²) < 4.78 is 7.10. The summed E-state index contributed by atoms with van der Waals surface area (Å²) in [5.41, 5.74) is 7.51. The Morgan fingerprint density at radius 1 is 1.40 bits per heavy atom. The minimum Gasteiger partial charge on any atom is -0.456 e. The summed E-state index contributed by atoms with van der Waals surface area (Å²) in [7, 11) is 0. The van der Waals surface area contributed by atoms with Crippen LogP contribution in [-0.2, 0) is 11.3 Å². The van der Waals surface area contributed by atoms with Crippen LogP contribution >= 0.6 is 11.6 Å². The highest BCUT2D eigenvalue weighted by molar-refractivity contribution is 6.31. The van der Waals surface area contributed by atoms with Gasteiger partial charge in [0.25, 0.3) is 0 Å². The van der Waals surface area contributed by atoms with Crippen LogP contribution < -0.4 is 5.73 Å². The normalized spacial score (nSPS) is 10.8. The molecule has 0 aliphatic rings. The van der Waals surface area contributed by atoms with E-state index in [0.29, 0.717) is 16.4 Å². The van der Waals surface area contributed by atoms with E-state index in [1.54, 1.807) is 22.9 Å². The van der Waals surface area contributed by atoms with E-state index in [9.17, 15) is 4.79 Å². The van der Waals surface area contributed by atoms with Gasteiger partial charge in [0.15, 0.2) is 0 Å². The molecule has 1 aromatic heterocycles. The molecule has 0 atom stereocenters. The Morgan fingerprint density at radius 2 is 2.10 bits per heavy atom. The number of nitrogen functional groups attached to an aromatic ring is 1. The molecule has 0 saturated carbocycles. The van der Waals surface area contributed by atoms with Gasteiger partial charge in [0, 0.05) is 22.8 Å². The largest absolute Gasteiger partial charge is 0.456 e. The second kappa shape index (κ2) is 6.01. The van der Waals surface area contributed by atoms with Crippen LogP contribution in [0.2, 0.25) is 5.02 Å². The molecule has 1 heterocycles. The van der Waals surface area contributed by atoms with E-state index in [4.69, 9.17) is 22.1 Å². The summed E-state index contributed by atoms with van der Waals surface area (Å²) in [6, 6.07) is 9.03. The van der Waals surface area contributed by atoms with Gasteiger partial charge in [-0.15, -0.1) is 0 Å². The molecular weight excluding hydrogens is 276 g/mol. The molecule has 0 unspecified atom stereocenters. The van der Waals surface area contributed by atoms with Gasteiger partial charge in [-0.05, 0) is 26.0 Å². The molecule has 5 heteroatoms. The smallest absolute Gasteiger partial charge is 0.355 e. The van der Waals surface area contributed by atoms with Crippen LogP contribution in [0, 0.1) is 0 Å². The van der Waals surface area contributed by atoms with Crippen molar-refractivity contribution < 1.29 is 9.53 Å². The van der Waals surface area contributed by atoms with Crippen molar-refractivity contribution in [1.82, 2.24) is 4.57 Å². The fourth-order valence-electron chi connectivity index (χ4n) is 1.92. The lowest BCUT2D eigenvalue weighted by molar-refractivity contribution is 0.0458. The monoisotopic (exact) mass is 292 g/mol. The molecule has 4 nitrogen and oxygen atoms in total. The second-order valence-corrected chi connectivity index (χ2v) is 5.23. The molecule has 0 bridgehead atoms. The number of ether oxygens (including phenoxy) is 1. The molecule has 0 radical (unpaired) electrons. The number of benzene rings is 1. The lowest BCUT2D eigenvalue weighted by Crippen LogP contribution is -2.13. The minimum absolute atomic E-state index is 0.134. The number of rotatable bonds is 4. The quantitative estimate of drug-likeness (QED) is 0.875. The second-order valence-electron chi connectivity index (χ2n) is 4.83. The maximum atomic E-state index is 12.1. The molecule has 0 fully saturated rings. The molecule has 1 aromatic carbocycles. The van der Waals surface area contributed by atoms with Crippen molar-refractivity contribution in [3.63, 3.8) is 0 Å². The van der Waals surface area contributed by atoms with Gasteiger partial charge < -0.3 is 15.0 Å². The average Bonchev–Trinajstić information content (AvgIpc) is 2.80. The van der Waals surface area contributed by atoms with E-state index in [-0.39, 0.29) is 12.6 Å². The Balaban J connectivity index is 2.11. The zero-order chi connectivity index (χ0) is 14.7.